The van der Waals surface area contributed by atoms with Gasteiger partial charge in [-0.2, -0.15) is 9.97 Å². The molecule has 2 rings (SSSR count). The first kappa shape index (κ1) is 12.2. The fourth-order valence-corrected chi connectivity index (χ4v) is 1.82. The van der Waals surface area contributed by atoms with Crippen molar-refractivity contribution in [1.82, 2.24) is 9.97 Å². The van der Waals surface area contributed by atoms with Gasteiger partial charge in [-0.3, -0.25) is 0 Å². The number of hydrogen-bond acceptors (Lipinski definition) is 5. The number of hydrogen-bond donors (Lipinski definition) is 3. The second-order valence-corrected chi connectivity index (χ2v) is 4.07. The van der Waals surface area contributed by atoms with Crippen molar-refractivity contribution >= 4 is 23.3 Å². The number of nitrogens with one attached hydrogen (secondary N) is 1. The van der Waals surface area contributed by atoms with Crippen LogP contribution in [0.5, 0.6) is 0 Å². The molecule has 0 saturated heterocycles. The van der Waals surface area contributed by atoms with Gasteiger partial charge in [-0.05, 0) is 18.1 Å². The van der Waals surface area contributed by atoms with Crippen LogP contribution in [-0.4, -0.2) is 9.97 Å². The zero-order valence-corrected chi connectivity index (χ0v) is 10.4. The normalized spacial score (nSPS) is 10.3. The maximum Gasteiger partial charge on any atom is 0.223 e. The summed E-state index contributed by atoms with van der Waals surface area (Å²) in [7, 11) is 0. The van der Waals surface area contributed by atoms with Crippen LogP contribution in [-0.2, 0) is 6.42 Å². The molecule has 18 heavy (non-hydrogen) atoms. The average molecular weight is 243 g/mol. The standard InChI is InChI=1S/C13H17N5/c1-2-5-9-6-3-4-7-10(9)16-12-8-11(14)17-13(15)18-12/h3-4,6-8H,2,5H2,1H3,(H5,14,15,16,17,18). The second kappa shape index (κ2) is 5.35. The van der Waals surface area contributed by atoms with E-state index >= 15 is 0 Å². The molecule has 0 aliphatic heterocycles. The lowest BCUT2D eigenvalue weighted by Gasteiger charge is -2.11. The van der Waals surface area contributed by atoms with Gasteiger partial charge in [0.2, 0.25) is 5.95 Å². The molecule has 0 fully saturated rings. The van der Waals surface area contributed by atoms with Gasteiger partial charge >= 0.3 is 0 Å². The van der Waals surface area contributed by atoms with Crippen molar-refractivity contribution in [2.75, 3.05) is 16.8 Å². The van der Waals surface area contributed by atoms with Gasteiger partial charge in [0, 0.05) is 11.8 Å². The van der Waals surface area contributed by atoms with E-state index in [1.807, 2.05) is 18.2 Å². The topological polar surface area (TPSA) is 89.8 Å². The smallest absolute Gasteiger partial charge is 0.223 e. The van der Waals surface area contributed by atoms with Gasteiger partial charge in [-0.15, -0.1) is 0 Å². The zero-order chi connectivity index (χ0) is 13.0. The monoisotopic (exact) mass is 243 g/mol. The van der Waals surface area contributed by atoms with Crippen LogP contribution < -0.4 is 16.8 Å². The van der Waals surface area contributed by atoms with Gasteiger partial charge in [0.05, 0.1) is 0 Å². The molecule has 1 heterocycles. The quantitative estimate of drug-likeness (QED) is 0.766. The Balaban J connectivity index is 2.27. The molecule has 0 saturated carbocycles. The number of nitrogens with two attached hydrogens (primary N) is 2. The van der Waals surface area contributed by atoms with Crippen molar-refractivity contribution < 1.29 is 0 Å². The highest BCUT2D eigenvalue weighted by molar-refractivity contribution is 5.63. The van der Waals surface area contributed by atoms with Crippen LogP contribution in [0.25, 0.3) is 0 Å². The minimum atomic E-state index is 0.172. The summed E-state index contributed by atoms with van der Waals surface area (Å²) in [4.78, 5) is 7.95. The number of benzene rings is 1. The van der Waals surface area contributed by atoms with Crippen LogP contribution >= 0.6 is 0 Å². The van der Waals surface area contributed by atoms with Crippen molar-refractivity contribution in [3.63, 3.8) is 0 Å². The lowest BCUT2D eigenvalue weighted by Crippen LogP contribution is -2.04. The number of nitrogen functional groups attached to an aromatic ring is 2. The van der Waals surface area contributed by atoms with Crippen LogP contribution in [0.4, 0.5) is 23.3 Å². The van der Waals surface area contributed by atoms with Crippen molar-refractivity contribution in [3.8, 4) is 0 Å². The molecule has 1 aromatic heterocycles. The van der Waals surface area contributed by atoms with Crippen molar-refractivity contribution in [1.29, 1.82) is 0 Å². The summed E-state index contributed by atoms with van der Waals surface area (Å²) in [6.07, 6.45) is 2.10. The van der Waals surface area contributed by atoms with Crippen molar-refractivity contribution in [2.24, 2.45) is 0 Å². The predicted octanol–water partition coefficient (Wildman–Crippen LogP) is 2.34. The Kier molecular flexibility index (Phi) is 3.62. The van der Waals surface area contributed by atoms with Crippen molar-refractivity contribution in [3.05, 3.63) is 35.9 Å². The summed E-state index contributed by atoms with van der Waals surface area (Å²) < 4.78 is 0. The van der Waals surface area contributed by atoms with E-state index in [0.717, 1.165) is 18.5 Å². The Morgan fingerprint density at radius 2 is 1.94 bits per heavy atom. The molecule has 0 unspecified atom stereocenters. The summed E-state index contributed by atoms with van der Waals surface area (Å²) in [5.41, 5.74) is 13.5. The Bertz CT molecular complexity index is 518. The lowest BCUT2D eigenvalue weighted by molar-refractivity contribution is 0.923. The first-order valence-electron chi connectivity index (χ1n) is 5.94. The van der Waals surface area contributed by atoms with E-state index < -0.39 is 0 Å². The summed E-state index contributed by atoms with van der Waals surface area (Å²) in [5, 5.41) is 3.23. The minimum absolute atomic E-state index is 0.172. The molecule has 0 spiro atoms. The van der Waals surface area contributed by atoms with E-state index in [9.17, 15) is 0 Å². The molecule has 5 nitrogen and oxygen atoms in total. The second-order valence-electron chi connectivity index (χ2n) is 4.07. The first-order valence-corrected chi connectivity index (χ1v) is 5.94. The Morgan fingerprint density at radius 1 is 1.17 bits per heavy atom. The third-order valence-corrected chi connectivity index (χ3v) is 2.56. The highest BCUT2D eigenvalue weighted by Gasteiger charge is 2.04. The van der Waals surface area contributed by atoms with E-state index in [0.29, 0.717) is 11.6 Å². The fourth-order valence-electron chi connectivity index (χ4n) is 1.82. The molecule has 0 atom stereocenters. The molecule has 5 heteroatoms. The molecule has 1 aromatic carbocycles. The van der Waals surface area contributed by atoms with Crippen LogP contribution in [0, 0.1) is 0 Å². The van der Waals surface area contributed by atoms with Crippen LogP contribution in [0.3, 0.4) is 0 Å². The molecule has 94 valence electrons. The molecule has 0 aliphatic rings. The molecule has 0 aliphatic carbocycles. The van der Waals surface area contributed by atoms with E-state index in [1.165, 1.54) is 5.56 Å². The number of para-hydroxylation sites is 1. The maximum atomic E-state index is 5.64. The van der Waals surface area contributed by atoms with Gasteiger partial charge < -0.3 is 16.8 Å². The fraction of sp³-hybridized carbons (Fsp3) is 0.231. The zero-order valence-electron chi connectivity index (χ0n) is 10.4. The number of aromatic nitrogens is 2. The predicted molar refractivity (Wildman–Crippen MR) is 74.6 cm³/mol. The third-order valence-electron chi connectivity index (χ3n) is 2.56. The Morgan fingerprint density at radius 3 is 2.67 bits per heavy atom. The van der Waals surface area contributed by atoms with Crippen LogP contribution in [0.1, 0.15) is 18.9 Å². The van der Waals surface area contributed by atoms with Crippen molar-refractivity contribution in [2.45, 2.75) is 19.8 Å². The van der Waals surface area contributed by atoms with Crippen LogP contribution in [0.2, 0.25) is 0 Å². The third kappa shape index (κ3) is 2.88. The molecule has 0 amide bonds. The summed E-state index contributed by atoms with van der Waals surface area (Å²) in [6, 6.07) is 9.78. The first-order chi connectivity index (χ1) is 8.69. The highest BCUT2D eigenvalue weighted by Crippen LogP contribution is 2.21. The molecule has 5 N–H and O–H groups in total. The van der Waals surface area contributed by atoms with Gasteiger partial charge in [0.15, 0.2) is 0 Å². The summed E-state index contributed by atoms with van der Waals surface area (Å²) in [6.45, 7) is 2.15. The highest BCUT2D eigenvalue weighted by atomic mass is 15.1. The molecular weight excluding hydrogens is 226 g/mol. The molecule has 0 bridgehead atoms. The number of nitrogens with zero attached hydrogens (tertiary/aromatic N) is 2. The van der Waals surface area contributed by atoms with E-state index in [1.54, 1.807) is 6.07 Å². The maximum absolute atomic E-state index is 5.64. The molecular formula is C13H17N5. The lowest BCUT2D eigenvalue weighted by atomic mass is 10.1. The Hall–Kier alpha value is -2.30. The number of rotatable bonds is 4. The Labute approximate surface area is 106 Å². The van der Waals surface area contributed by atoms with Gasteiger partial charge in [-0.25, -0.2) is 0 Å². The van der Waals surface area contributed by atoms with Gasteiger partial charge in [-0.1, -0.05) is 31.5 Å². The van der Waals surface area contributed by atoms with E-state index in [2.05, 4.69) is 28.3 Å². The summed E-state index contributed by atoms with van der Waals surface area (Å²) >= 11 is 0. The minimum Gasteiger partial charge on any atom is -0.383 e. The van der Waals surface area contributed by atoms with E-state index in [-0.39, 0.29) is 5.95 Å². The van der Waals surface area contributed by atoms with E-state index in [4.69, 9.17) is 11.5 Å². The summed E-state index contributed by atoms with van der Waals surface area (Å²) in [5.74, 6) is 1.15. The largest absolute Gasteiger partial charge is 0.383 e. The van der Waals surface area contributed by atoms with Crippen LogP contribution in [0.15, 0.2) is 30.3 Å². The number of anilines is 4. The molecule has 2 aromatic rings. The van der Waals surface area contributed by atoms with Gasteiger partial charge in [0.25, 0.3) is 0 Å². The SMILES string of the molecule is CCCc1ccccc1Nc1cc(N)nc(N)n1. The molecule has 0 radical (unpaired) electrons. The van der Waals surface area contributed by atoms with Gasteiger partial charge in [0.1, 0.15) is 11.6 Å². The number of aryl methyl sites for hydroxylation is 1. The average Bonchev–Trinajstić information content (AvgIpc) is 2.30.